The third kappa shape index (κ3) is 2.98. The largest absolute Gasteiger partial charge is 0.328 e. The first-order valence-electron chi connectivity index (χ1n) is 9.15. The number of benzene rings is 2. The summed E-state index contributed by atoms with van der Waals surface area (Å²) in [6, 6.07) is 15.9. The second kappa shape index (κ2) is 7.03. The van der Waals surface area contributed by atoms with Crippen molar-refractivity contribution in [2.24, 2.45) is 0 Å². The van der Waals surface area contributed by atoms with Crippen LogP contribution in [0.15, 0.2) is 65.6 Å². The fourth-order valence-corrected chi connectivity index (χ4v) is 5.25. The number of amides is 3. The smallest absolute Gasteiger partial charge is 0.310 e. The van der Waals surface area contributed by atoms with Crippen molar-refractivity contribution in [2.75, 3.05) is 19.6 Å². The predicted octanol–water partition coefficient (Wildman–Crippen LogP) is 2.08. The first kappa shape index (κ1) is 18.6. The van der Waals surface area contributed by atoms with Crippen LogP contribution in [0.25, 0.3) is 0 Å². The highest BCUT2D eigenvalue weighted by molar-refractivity contribution is 7.89. The van der Waals surface area contributed by atoms with Gasteiger partial charge in [-0.2, -0.15) is 4.31 Å². The Hall–Kier alpha value is -2.71. The van der Waals surface area contributed by atoms with Crippen molar-refractivity contribution in [3.63, 3.8) is 0 Å². The number of rotatable bonds is 4. The minimum Gasteiger partial charge on any atom is -0.310 e. The summed E-state index contributed by atoms with van der Waals surface area (Å²) in [7, 11) is -3.71. The summed E-state index contributed by atoms with van der Waals surface area (Å²) in [5.74, 6) is -0.352. The molecule has 0 radical (unpaired) electrons. The predicted molar refractivity (Wildman–Crippen MR) is 103 cm³/mol. The van der Waals surface area contributed by atoms with Gasteiger partial charge in [-0.15, -0.1) is 0 Å². The Balaban J connectivity index is 1.58. The van der Waals surface area contributed by atoms with Crippen LogP contribution in [0.2, 0.25) is 0 Å². The van der Waals surface area contributed by atoms with E-state index in [1.807, 2.05) is 37.3 Å². The maximum absolute atomic E-state index is 13.0. The molecule has 2 heterocycles. The molecule has 2 aromatic carbocycles. The average Bonchev–Trinajstić information content (AvgIpc) is 2.98. The van der Waals surface area contributed by atoms with Crippen LogP contribution < -0.4 is 0 Å². The third-order valence-electron chi connectivity index (χ3n) is 5.37. The summed E-state index contributed by atoms with van der Waals surface area (Å²) in [4.78, 5) is 28.8. The quantitative estimate of drug-likeness (QED) is 0.738. The summed E-state index contributed by atoms with van der Waals surface area (Å²) in [5.41, 5.74) is 0.859. The van der Waals surface area contributed by atoms with Gasteiger partial charge in [-0.1, -0.05) is 48.5 Å². The molecule has 0 bridgehead atoms. The molecule has 146 valence electrons. The molecule has 3 amide bonds. The molecule has 0 spiro atoms. The molecule has 8 heteroatoms. The lowest BCUT2D eigenvalue weighted by Gasteiger charge is -2.34. The van der Waals surface area contributed by atoms with E-state index in [4.69, 9.17) is 0 Å². The highest BCUT2D eigenvalue weighted by atomic mass is 32.2. The van der Waals surface area contributed by atoms with Crippen LogP contribution in [0.5, 0.6) is 0 Å². The maximum Gasteiger partial charge on any atom is 0.328 e. The Labute approximate surface area is 164 Å². The van der Waals surface area contributed by atoms with Crippen molar-refractivity contribution in [1.29, 1.82) is 0 Å². The SMILES string of the molecule is C[C@H](c1ccccc1)N1C(=O)[C@@H]2CN(S(=O)(=O)c3ccccc3)CCN2C1=O. The number of carbonyl (C=O) groups excluding carboxylic acids is 2. The zero-order valence-electron chi connectivity index (χ0n) is 15.4. The lowest BCUT2D eigenvalue weighted by molar-refractivity contribution is -0.130. The molecule has 2 aromatic rings. The van der Waals surface area contributed by atoms with Crippen molar-refractivity contribution in [2.45, 2.75) is 23.9 Å². The van der Waals surface area contributed by atoms with Crippen LogP contribution in [-0.4, -0.2) is 60.1 Å². The molecule has 0 aromatic heterocycles. The lowest BCUT2D eigenvalue weighted by Crippen LogP contribution is -2.54. The monoisotopic (exact) mass is 399 g/mol. The molecule has 4 rings (SSSR count). The van der Waals surface area contributed by atoms with Gasteiger partial charge in [0.15, 0.2) is 0 Å². The van der Waals surface area contributed by atoms with E-state index in [1.54, 1.807) is 18.2 Å². The number of piperazine rings is 1. The Bertz CT molecular complexity index is 995. The van der Waals surface area contributed by atoms with E-state index in [1.165, 1.54) is 26.2 Å². The zero-order chi connectivity index (χ0) is 19.9. The number of fused-ring (bicyclic) bond motifs is 1. The van der Waals surface area contributed by atoms with E-state index in [-0.39, 0.29) is 36.5 Å². The Morgan fingerprint density at radius 2 is 1.54 bits per heavy atom. The van der Waals surface area contributed by atoms with E-state index in [0.29, 0.717) is 0 Å². The Morgan fingerprint density at radius 3 is 2.18 bits per heavy atom. The fraction of sp³-hybridized carbons (Fsp3) is 0.300. The molecule has 2 aliphatic rings. The topological polar surface area (TPSA) is 78.0 Å². The molecule has 0 unspecified atom stereocenters. The lowest BCUT2D eigenvalue weighted by atomic mass is 10.1. The van der Waals surface area contributed by atoms with E-state index in [9.17, 15) is 18.0 Å². The Kier molecular flexibility index (Phi) is 4.68. The highest BCUT2D eigenvalue weighted by Crippen LogP contribution is 2.31. The minimum atomic E-state index is -3.71. The average molecular weight is 399 g/mol. The number of urea groups is 1. The molecule has 7 nitrogen and oxygen atoms in total. The number of imide groups is 1. The van der Waals surface area contributed by atoms with Crippen molar-refractivity contribution in [1.82, 2.24) is 14.1 Å². The van der Waals surface area contributed by atoms with E-state index < -0.39 is 22.1 Å². The van der Waals surface area contributed by atoms with Crippen molar-refractivity contribution in [3.05, 3.63) is 66.2 Å². The van der Waals surface area contributed by atoms with Crippen LogP contribution in [0, 0.1) is 0 Å². The molecule has 0 saturated carbocycles. The summed E-state index contributed by atoms with van der Waals surface area (Å²) >= 11 is 0. The highest BCUT2D eigenvalue weighted by Gasteiger charge is 2.51. The first-order chi connectivity index (χ1) is 13.4. The van der Waals surface area contributed by atoms with Gasteiger partial charge in [0.1, 0.15) is 6.04 Å². The van der Waals surface area contributed by atoms with Crippen LogP contribution in [-0.2, 0) is 14.8 Å². The molecule has 0 N–H and O–H groups in total. The summed E-state index contributed by atoms with van der Waals surface area (Å²) in [6.45, 7) is 2.14. The summed E-state index contributed by atoms with van der Waals surface area (Å²) < 4.78 is 27.1. The van der Waals surface area contributed by atoms with Gasteiger partial charge in [0.05, 0.1) is 10.9 Å². The van der Waals surface area contributed by atoms with Crippen LogP contribution in [0.1, 0.15) is 18.5 Å². The second-order valence-corrected chi connectivity index (χ2v) is 8.90. The normalized spacial score (nSPS) is 21.7. The van der Waals surface area contributed by atoms with Gasteiger partial charge in [0.25, 0.3) is 5.91 Å². The molecule has 28 heavy (non-hydrogen) atoms. The zero-order valence-corrected chi connectivity index (χ0v) is 16.2. The van der Waals surface area contributed by atoms with Gasteiger partial charge in [-0.25, -0.2) is 13.2 Å². The molecular weight excluding hydrogens is 378 g/mol. The molecule has 2 fully saturated rings. The van der Waals surface area contributed by atoms with Gasteiger partial charge in [0, 0.05) is 19.6 Å². The molecule has 2 aliphatic heterocycles. The van der Waals surface area contributed by atoms with Gasteiger partial charge in [0.2, 0.25) is 10.0 Å². The maximum atomic E-state index is 13.0. The molecule has 0 aliphatic carbocycles. The van der Waals surface area contributed by atoms with Crippen LogP contribution >= 0.6 is 0 Å². The number of carbonyl (C=O) groups is 2. The van der Waals surface area contributed by atoms with Crippen molar-refractivity contribution < 1.29 is 18.0 Å². The van der Waals surface area contributed by atoms with E-state index in [0.717, 1.165) is 5.56 Å². The molecular formula is C20H21N3O4S. The standard InChI is InChI=1S/C20H21N3O4S/c1-15(16-8-4-2-5-9-16)23-19(24)18-14-21(12-13-22(18)20(23)25)28(26,27)17-10-6-3-7-11-17/h2-11,15,18H,12-14H2,1H3/t15-,18+/m1/s1. The second-order valence-electron chi connectivity index (χ2n) is 6.96. The van der Waals surface area contributed by atoms with Gasteiger partial charge < -0.3 is 4.90 Å². The summed E-state index contributed by atoms with van der Waals surface area (Å²) in [5, 5.41) is 0. The van der Waals surface area contributed by atoms with E-state index in [2.05, 4.69) is 0 Å². The van der Waals surface area contributed by atoms with Crippen LogP contribution in [0.4, 0.5) is 4.79 Å². The fourth-order valence-electron chi connectivity index (χ4n) is 3.79. The minimum absolute atomic E-state index is 0.0280. The van der Waals surface area contributed by atoms with Crippen molar-refractivity contribution in [3.8, 4) is 0 Å². The third-order valence-corrected chi connectivity index (χ3v) is 7.25. The van der Waals surface area contributed by atoms with Gasteiger partial charge in [-0.05, 0) is 24.6 Å². The molecule has 2 atom stereocenters. The van der Waals surface area contributed by atoms with Gasteiger partial charge >= 0.3 is 6.03 Å². The summed E-state index contributed by atoms with van der Waals surface area (Å²) in [6.07, 6.45) is 0. The molecule has 2 saturated heterocycles. The first-order valence-corrected chi connectivity index (χ1v) is 10.6. The van der Waals surface area contributed by atoms with Crippen LogP contribution in [0.3, 0.4) is 0 Å². The van der Waals surface area contributed by atoms with Gasteiger partial charge in [-0.3, -0.25) is 9.69 Å². The number of hydrogen-bond acceptors (Lipinski definition) is 4. The Morgan fingerprint density at radius 1 is 0.929 bits per heavy atom. The number of nitrogens with zero attached hydrogens (tertiary/aromatic N) is 3. The number of hydrogen-bond donors (Lipinski definition) is 0. The van der Waals surface area contributed by atoms with Crippen molar-refractivity contribution >= 4 is 22.0 Å². The number of sulfonamides is 1. The van der Waals surface area contributed by atoms with E-state index >= 15 is 0 Å².